The quantitative estimate of drug-likeness (QED) is 0.0261. The molecular formula is C68H125NO8. The van der Waals surface area contributed by atoms with Crippen LogP contribution < -0.4 is 5.32 Å². The molecule has 1 fully saturated rings. The second kappa shape index (κ2) is 57.1. The van der Waals surface area contributed by atoms with Crippen molar-refractivity contribution in [2.75, 3.05) is 13.2 Å². The Balaban J connectivity index is 2.17. The number of rotatable bonds is 57. The number of carbonyl (C=O) groups excluding carboxylic acids is 1. The number of unbranched alkanes of at least 4 members (excludes halogenated alkanes) is 39. The molecule has 1 saturated heterocycles. The van der Waals surface area contributed by atoms with Crippen LogP contribution in [0.25, 0.3) is 0 Å². The van der Waals surface area contributed by atoms with E-state index in [1.165, 1.54) is 238 Å². The van der Waals surface area contributed by atoms with E-state index >= 15 is 0 Å². The fraction of sp³-hybridized carbons (Fsp3) is 0.838. The van der Waals surface area contributed by atoms with Crippen LogP contribution in [0.3, 0.4) is 0 Å². The highest BCUT2D eigenvalue weighted by atomic mass is 16.7. The number of ether oxygens (including phenoxy) is 2. The number of allylic oxidation sites excluding steroid dienone is 9. The maximum atomic E-state index is 13.1. The molecule has 1 heterocycles. The monoisotopic (exact) mass is 1080 g/mol. The smallest absolute Gasteiger partial charge is 0.220 e. The SMILES string of the molecule is CCCCCCC/C=C\C/C=C\C/C=C\CCCCCCCCCCCCCCCCCCC(=O)NC(COC1OC(CO)C(O)C(O)C1O)C(O)/C=C/CC/C=C/CCCCCCCCCCCCCCCCCCC. The van der Waals surface area contributed by atoms with E-state index < -0.39 is 49.5 Å². The molecule has 7 atom stereocenters. The van der Waals surface area contributed by atoms with Gasteiger partial charge < -0.3 is 40.3 Å². The van der Waals surface area contributed by atoms with Crippen LogP contribution in [0.5, 0.6) is 0 Å². The number of hydrogen-bond acceptors (Lipinski definition) is 8. The van der Waals surface area contributed by atoms with Gasteiger partial charge in [0.25, 0.3) is 0 Å². The van der Waals surface area contributed by atoms with Crippen LogP contribution in [0.4, 0.5) is 0 Å². The Labute approximate surface area is 475 Å². The summed E-state index contributed by atoms with van der Waals surface area (Å²) in [5.74, 6) is -0.184. The molecule has 0 saturated carbocycles. The molecule has 0 spiro atoms. The summed E-state index contributed by atoms with van der Waals surface area (Å²) in [6.07, 6.45) is 71.7. The Kier molecular flexibility index (Phi) is 54.1. The van der Waals surface area contributed by atoms with Gasteiger partial charge >= 0.3 is 0 Å². The van der Waals surface area contributed by atoms with Gasteiger partial charge in [-0.05, 0) is 70.6 Å². The van der Waals surface area contributed by atoms with Crippen LogP contribution in [0.1, 0.15) is 309 Å². The zero-order valence-electron chi connectivity index (χ0n) is 50.2. The summed E-state index contributed by atoms with van der Waals surface area (Å²) in [7, 11) is 0. The normalized spacial score (nSPS) is 19.1. The first-order valence-electron chi connectivity index (χ1n) is 33.0. The minimum atomic E-state index is -1.57. The molecule has 0 aliphatic carbocycles. The van der Waals surface area contributed by atoms with Crippen molar-refractivity contribution in [3.05, 3.63) is 60.8 Å². The molecule has 9 heteroatoms. The molecule has 1 rings (SSSR count). The first-order valence-corrected chi connectivity index (χ1v) is 33.0. The van der Waals surface area contributed by atoms with Crippen molar-refractivity contribution in [3.63, 3.8) is 0 Å². The summed E-state index contributed by atoms with van der Waals surface area (Å²) in [6.45, 7) is 3.79. The molecule has 0 bridgehead atoms. The minimum Gasteiger partial charge on any atom is -0.394 e. The summed E-state index contributed by atoms with van der Waals surface area (Å²) in [5.41, 5.74) is 0. The lowest BCUT2D eigenvalue weighted by molar-refractivity contribution is -0.302. The molecule has 7 unspecified atom stereocenters. The number of carbonyl (C=O) groups is 1. The van der Waals surface area contributed by atoms with E-state index in [0.29, 0.717) is 6.42 Å². The van der Waals surface area contributed by atoms with Crippen LogP contribution in [-0.2, 0) is 14.3 Å². The van der Waals surface area contributed by atoms with E-state index in [0.717, 1.165) is 51.4 Å². The second-order valence-corrected chi connectivity index (χ2v) is 22.9. The van der Waals surface area contributed by atoms with Crippen LogP contribution >= 0.6 is 0 Å². The summed E-state index contributed by atoms with van der Waals surface area (Å²) in [6, 6.07) is -0.824. The van der Waals surface area contributed by atoms with Crippen molar-refractivity contribution in [3.8, 4) is 0 Å². The summed E-state index contributed by atoms with van der Waals surface area (Å²) >= 11 is 0. The van der Waals surface area contributed by atoms with Gasteiger partial charge in [-0.1, -0.05) is 293 Å². The third kappa shape index (κ3) is 46.2. The van der Waals surface area contributed by atoms with Gasteiger partial charge in [0.15, 0.2) is 6.29 Å². The van der Waals surface area contributed by atoms with Crippen molar-refractivity contribution in [2.24, 2.45) is 0 Å². The first-order chi connectivity index (χ1) is 37.8. The molecule has 0 aromatic heterocycles. The van der Waals surface area contributed by atoms with Gasteiger partial charge in [-0.15, -0.1) is 0 Å². The van der Waals surface area contributed by atoms with Crippen molar-refractivity contribution < 1.29 is 39.8 Å². The van der Waals surface area contributed by atoms with Crippen molar-refractivity contribution in [1.29, 1.82) is 0 Å². The summed E-state index contributed by atoms with van der Waals surface area (Å²) < 4.78 is 11.3. The fourth-order valence-electron chi connectivity index (χ4n) is 10.4. The zero-order chi connectivity index (χ0) is 55.8. The molecule has 0 aromatic rings. The van der Waals surface area contributed by atoms with Gasteiger partial charge in [-0.2, -0.15) is 0 Å². The van der Waals surface area contributed by atoms with Crippen LogP contribution in [0.15, 0.2) is 60.8 Å². The molecule has 1 aliphatic rings. The lowest BCUT2D eigenvalue weighted by Crippen LogP contribution is -2.60. The number of hydrogen-bond donors (Lipinski definition) is 6. The third-order valence-corrected chi connectivity index (χ3v) is 15.6. The molecule has 0 radical (unpaired) electrons. The van der Waals surface area contributed by atoms with E-state index in [4.69, 9.17) is 9.47 Å². The average Bonchev–Trinajstić information content (AvgIpc) is 3.43. The molecule has 6 N–H and O–H groups in total. The van der Waals surface area contributed by atoms with Gasteiger partial charge in [0.1, 0.15) is 24.4 Å². The number of aliphatic hydroxyl groups is 5. The van der Waals surface area contributed by atoms with Gasteiger partial charge in [-0.3, -0.25) is 4.79 Å². The highest BCUT2D eigenvalue weighted by Gasteiger charge is 2.44. The van der Waals surface area contributed by atoms with Gasteiger partial charge in [0.2, 0.25) is 5.91 Å². The third-order valence-electron chi connectivity index (χ3n) is 15.6. The van der Waals surface area contributed by atoms with Crippen LogP contribution in [-0.4, -0.2) is 87.5 Å². The van der Waals surface area contributed by atoms with E-state index in [-0.39, 0.29) is 12.5 Å². The van der Waals surface area contributed by atoms with Crippen molar-refractivity contribution >= 4 is 5.91 Å². The minimum absolute atomic E-state index is 0.184. The summed E-state index contributed by atoms with van der Waals surface area (Å²) in [4.78, 5) is 13.1. The lowest BCUT2D eigenvalue weighted by atomic mass is 9.99. The molecule has 0 aromatic carbocycles. The molecule has 77 heavy (non-hydrogen) atoms. The first kappa shape index (κ1) is 72.9. The number of aliphatic hydroxyl groups excluding tert-OH is 5. The second-order valence-electron chi connectivity index (χ2n) is 22.9. The largest absolute Gasteiger partial charge is 0.394 e. The predicted molar refractivity (Wildman–Crippen MR) is 327 cm³/mol. The van der Waals surface area contributed by atoms with Crippen LogP contribution in [0.2, 0.25) is 0 Å². The lowest BCUT2D eigenvalue weighted by Gasteiger charge is -2.40. The van der Waals surface area contributed by atoms with Gasteiger partial charge in [-0.25, -0.2) is 0 Å². The van der Waals surface area contributed by atoms with E-state index in [2.05, 4.69) is 67.8 Å². The Morgan fingerprint density at radius 3 is 1.18 bits per heavy atom. The molecule has 9 nitrogen and oxygen atoms in total. The Morgan fingerprint density at radius 1 is 0.442 bits per heavy atom. The highest BCUT2D eigenvalue weighted by Crippen LogP contribution is 2.23. The van der Waals surface area contributed by atoms with E-state index in [1.807, 2.05) is 6.08 Å². The van der Waals surface area contributed by atoms with Gasteiger partial charge in [0.05, 0.1) is 25.4 Å². The Morgan fingerprint density at radius 2 is 0.779 bits per heavy atom. The summed E-state index contributed by atoms with van der Waals surface area (Å²) in [5, 5.41) is 54.7. The molecular weight excluding hydrogens is 959 g/mol. The maximum absolute atomic E-state index is 13.1. The fourth-order valence-corrected chi connectivity index (χ4v) is 10.4. The van der Waals surface area contributed by atoms with Crippen molar-refractivity contribution in [2.45, 2.75) is 352 Å². The standard InChI is InChI=1S/C68H125NO8/c1-3-5-7-9-11-13-15-17-19-21-23-25-27-28-29-30-31-32-33-34-36-38-40-42-44-46-48-50-52-54-56-58-64(72)69-61(60-76-68-67(75)66(74)65(73)63(59-70)77-68)62(71)57-55-53-51-49-47-45-43-41-39-37-35-26-24-22-20-18-16-14-12-10-8-6-4-2/h15,17,21,23,27-28,47,49,55,57,61-63,65-68,70-71,73-75H,3-14,16,18-20,22,24-26,29-46,48,50-54,56,58-60H2,1-2H3,(H,69,72)/b17-15-,23-21-,28-27-,49-47+,57-55+. The highest BCUT2D eigenvalue weighted by molar-refractivity contribution is 5.76. The average molecular weight is 1080 g/mol. The molecule has 1 amide bonds. The topological polar surface area (TPSA) is 149 Å². The zero-order valence-corrected chi connectivity index (χ0v) is 50.2. The molecule has 1 aliphatic heterocycles. The Bertz CT molecular complexity index is 1400. The van der Waals surface area contributed by atoms with Gasteiger partial charge in [0, 0.05) is 6.42 Å². The van der Waals surface area contributed by atoms with Crippen molar-refractivity contribution in [1.82, 2.24) is 5.32 Å². The number of nitrogens with one attached hydrogen (secondary N) is 1. The van der Waals surface area contributed by atoms with E-state index in [9.17, 15) is 30.3 Å². The Hall–Kier alpha value is -2.11. The van der Waals surface area contributed by atoms with E-state index in [1.54, 1.807) is 6.08 Å². The molecule has 450 valence electrons. The maximum Gasteiger partial charge on any atom is 0.220 e. The van der Waals surface area contributed by atoms with Crippen LogP contribution in [0, 0.1) is 0 Å². The predicted octanol–water partition coefficient (Wildman–Crippen LogP) is 17.4. The number of amides is 1.